The predicted octanol–water partition coefficient (Wildman–Crippen LogP) is 23.3. The molecule has 0 spiro atoms. The van der Waals surface area contributed by atoms with E-state index >= 15 is 0 Å². The Morgan fingerprint density at radius 2 is 0.596 bits per heavy atom. The largest absolute Gasteiger partial charge is 0.456 e. The van der Waals surface area contributed by atoms with Crippen LogP contribution in [0, 0.1) is 0 Å². The van der Waals surface area contributed by atoms with E-state index in [2.05, 4.69) is 319 Å². The van der Waals surface area contributed by atoms with Gasteiger partial charge in [0.25, 0.3) is 0 Å². The summed E-state index contributed by atoms with van der Waals surface area (Å²) < 4.78 is 13.9. The van der Waals surface area contributed by atoms with Crippen LogP contribution in [0.5, 0.6) is 23.0 Å². The van der Waals surface area contributed by atoms with Crippen LogP contribution in [0.1, 0.15) is 99.9 Å². The van der Waals surface area contributed by atoms with E-state index in [9.17, 15) is 0 Å². The number of anilines is 3. The average molecular weight is 1220 g/mol. The summed E-state index contributed by atoms with van der Waals surface area (Å²) in [7, 11) is 0. The standard InChI is InChI=1S/C42H35NO.C21H17BrO.C21H19N/c1-41(2)35-12-6-5-10-33(35)34-25-20-29(26-38(34)41)27-16-21-30(22-17-27)43-31-23-18-28(19-24-31)32-11-9-14-37-40(32)44-39-15-8-7-13-36(39)42(37,3)4;1-21(2)17-7-3-4-9-19(17)23-20-16(6-5-8-18(20)21)14-10-12-15(22)13-11-14;1-21(2)19-6-4-3-5-17(19)18-12-9-15(13-20(18)21)14-7-10-16(22)11-8-14/h5-26,43H,1-4H3;3-13H,1-2H3;3-13H,22H2,1-2H3. The van der Waals surface area contributed by atoms with Crippen molar-refractivity contribution in [3.8, 4) is 89.8 Å². The van der Waals surface area contributed by atoms with Gasteiger partial charge in [-0.1, -0.05) is 265 Å². The normalized spacial score (nSPS) is 14.7. The second-order valence-electron chi connectivity index (χ2n) is 26.1. The topological polar surface area (TPSA) is 56.5 Å². The fraction of sp³-hybridized carbons (Fsp3) is 0.143. The van der Waals surface area contributed by atoms with Gasteiger partial charge in [-0.05, 0) is 151 Å². The van der Waals surface area contributed by atoms with Crippen molar-refractivity contribution >= 4 is 33.0 Å². The summed E-state index contributed by atoms with van der Waals surface area (Å²) in [5.74, 6) is 3.81. The lowest BCUT2D eigenvalue weighted by molar-refractivity contribution is 0.419. The molecule has 2 aliphatic carbocycles. The van der Waals surface area contributed by atoms with Crippen LogP contribution in [0.2, 0.25) is 0 Å². The van der Waals surface area contributed by atoms with E-state index < -0.39 is 0 Å². The van der Waals surface area contributed by atoms with Crippen molar-refractivity contribution < 1.29 is 9.47 Å². The molecule has 16 rings (SSSR count). The quantitative estimate of drug-likeness (QED) is 0.163. The van der Waals surface area contributed by atoms with E-state index in [-0.39, 0.29) is 21.7 Å². The number of nitrogens with two attached hydrogens (primary N) is 1. The van der Waals surface area contributed by atoms with Crippen LogP contribution in [-0.4, -0.2) is 0 Å². The van der Waals surface area contributed by atoms with Gasteiger partial charge >= 0.3 is 0 Å². The molecule has 0 saturated heterocycles. The first-order valence-corrected chi connectivity index (χ1v) is 31.6. The highest BCUT2D eigenvalue weighted by atomic mass is 79.9. The first-order chi connectivity index (χ1) is 42.9. The Bertz CT molecular complexity index is 4690. The summed E-state index contributed by atoms with van der Waals surface area (Å²) >= 11 is 3.50. The number of para-hydroxylation sites is 4. The van der Waals surface area contributed by atoms with Crippen molar-refractivity contribution in [1.29, 1.82) is 0 Å². The second-order valence-corrected chi connectivity index (χ2v) is 27.0. The molecular weight excluding hydrogens is 1150 g/mol. The molecule has 89 heavy (non-hydrogen) atoms. The summed E-state index contributed by atoms with van der Waals surface area (Å²) in [5, 5.41) is 3.59. The maximum absolute atomic E-state index is 6.51. The Morgan fingerprint density at radius 1 is 0.281 bits per heavy atom. The zero-order valence-electron chi connectivity index (χ0n) is 51.7. The number of nitrogen functional groups attached to an aromatic ring is 1. The molecule has 3 N–H and O–H groups in total. The molecule has 4 aliphatic rings. The van der Waals surface area contributed by atoms with Gasteiger partial charge in [-0.3, -0.25) is 0 Å². The Morgan fingerprint density at radius 3 is 1.03 bits per heavy atom. The van der Waals surface area contributed by atoms with Gasteiger partial charge in [0.05, 0.1) is 0 Å². The van der Waals surface area contributed by atoms with Gasteiger partial charge in [-0.2, -0.15) is 0 Å². The third-order valence-electron chi connectivity index (χ3n) is 19.2. The minimum Gasteiger partial charge on any atom is -0.456 e. The number of rotatable bonds is 6. The molecule has 0 atom stereocenters. The Kier molecular flexibility index (Phi) is 14.2. The summed E-state index contributed by atoms with van der Waals surface area (Å²) in [6.45, 7) is 18.4. The Labute approximate surface area is 532 Å². The van der Waals surface area contributed by atoms with Crippen LogP contribution in [0.15, 0.2) is 271 Å². The molecule has 2 heterocycles. The Balaban J connectivity index is 0.000000129. The number of hydrogen-bond acceptors (Lipinski definition) is 4. The SMILES string of the molecule is CC1(C)c2ccccc2-c2ccc(-c3ccc(N)cc3)cc21.CC1(C)c2ccccc2-c2ccc(-c3ccc(Nc4ccc(-c5cccc6c5Oc5ccccc5C6(C)C)cc4)cc3)cc21.CC1(C)c2ccccc2Oc2c(-c3ccc(Br)cc3)cccc21. The first-order valence-electron chi connectivity index (χ1n) is 30.9. The summed E-state index contributed by atoms with van der Waals surface area (Å²) in [6.07, 6.45) is 0. The van der Waals surface area contributed by atoms with Crippen LogP contribution in [0.25, 0.3) is 66.8 Å². The number of benzene rings is 12. The predicted molar refractivity (Wildman–Crippen MR) is 375 cm³/mol. The molecule has 12 aromatic rings. The van der Waals surface area contributed by atoms with Gasteiger partial charge in [0.15, 0.2) is 0 Å². The summed E-state index contributed by atoms with van der Waals surface area (Å²) in [6, 6.07) is 94.7. The zero-order valence-corrected chi connectivity index (χ0v) is 53.3. The number of hydrogen-bond donors (Lipinski definition) is 2. The maximum Gasteiger partial charge on any atom is 0.139 e. The third kappa shape index (κ3) is 10.1. The fourth-order valence-corrected chi connectivity index (χ4v) is 14.4. The van der Waals surface area contributed by atoms with Gasteiger partial charge in [0, 0.05) is 76.6 Å². The highest BCUT2D eigenvalue weighted by molar-refractivity contribution is 9.10. The van der Waals surface area contributed by atoms with Crippen LogP contribution in [0.4, 0.5) is 17.1 Å². The number of nitrogens with one attached hydrogen (secondary N) is 1. The van der Waals surface area contributed by atoms with Crippen molar-refractivity contribution in [2.75, 3.05) is 11.1 Å². The van der Waals surface area contributed by atoms with E-state index in [0.717, 1.165) is 61.2 Å². The van der Waals surface area contributed by atoms with Crippen molar-refractivity contribution in [3.63, 3.8) is 0 Å². The minimum absolute atomic E-state index is 0.00145. The van der Waals surface area contributed by atoms with Crippen LogP contribution >= 0.6 is 15.9 Å². The highest BCUT2D eigenvalue weighted by Gasteiger charge is 2.39. The van der Waals surface area contributed by atoms with Gasteiger partial charge in [0.1, 0.15) is 23.0 Å². The second kappa shape index (κ2) is 22.2. The highest BCUT2D eigenvalue weighted by Crippen LogP contribution is 2.55. The molecule has 0 aromatic heterocycles. The van der Waals surface area contributed by atoms with Gasteiger partial charge in [0.2, 0.25) is 0 Å². The molecule has 0 amide bonds. The van der Waals surface area contributed by atoms with Crippen LogP contribution in [0.3, 0.4) is 0 Å². The molecule has 5 heteroatoms. The molecule has 0 bridgehead atoms. The van der Waals surface area contributed by atoms with E-state index in [0.29, 0.717) is 0 Å². The van der Waals surface area contributed by atoms with Gasteiger partial charge < -0.3 is 20.5 Å². The molecule has 0 unspecified atom stereocenters. The van der Waals surface area contributed by atoms with E-state index in [1.54, 1.807) is 0 Å². The van der Waals surface area contributed by atoms with Crippen molar-refractivity contribution in [1.82, 2.24) is 0 Å². The minimum atomic E-state index is -0.130. The van der Waals surface area contributed by atoms with Crippen molar-refractivity contribution in [3.05, 3.63) is 316 Å². The van der Waals surface area contributed by atoms with Crippen LogP contribution in [-0.2, 0) is 21.7 Å². The number of fused-ring (bicyclic) bond motifs is 10. The average Bonchev–Trinajstić information content (AvgIpc) is 1.89. The maximum atomic E-state index is 6.51. The molecular formula is C84H71BrN2O2. The molecule has 12 aromatic carbocycles. The molecule has 0 fully saturated rings. The fourth-order valence-electron chi connectivity index (χ4n) is 14.1. The van der Waals surface area contributed by atoms with Gasteiger partial charge in [-0.15, -0.1) is 0 Å². The lowest BCUT2D eigenvalue weighted by Crippen LogP contribution is -2.24. The molecule has 436 valence electrons. The van der Waals surface area contributed by atoms with Crippen LogP contribution < -0.4 is 20.5 Å². The number of ether oxygens (including phenoxy) is 2. The monoisotopic (exact) mass is 1220 g/mol. The van der Waals surface area contributed by atoms with E-state index in [1.165, 1.54) is 94.6 Å². The molecule has 2 aliphatic heterocycles. The van der Waals surface area contributed by atoms with Gasteiger partial charge in [-0.25, -0.2) is 0 Å². The number of halogens is 1. The van der Waals surface area contributed by atoms with E-state index in [4.69, 9.17) is 15.2 Å². The summed E-state index contributed by atoms with van der Waals surface area (Å²) in [4.78, 5) is 0. The smallest absolute Gasteiger partial charge is 0.139 e. The van der Waals surface area contributed by atoms with Crippen molar-refractivity contribution in [2.24, 2.45) is 0 Å². The molecule has 4 nitrogen and oxygen atoms in total. The first kappa shape index (κ1) is 57.1. The van der Waals surface area contributed by atoms with E-state index in [1.807, 2.05) is 24.3 Å². The van der Waals surface area contributed by atoms with Crippen molar-refractivity contribution in [2.45, 2.75) is 77.0 Å². The Hall–Kier alpha value is -9.68. The lowest BCUT2D eigenvalue weighted by Gasteiger charge is -2.35. The summed E-state index contributed by atoms with van der Waals surface area (Å²) in [5.41, 5.74) is 34.0. The molecule has 0 radical (unpaired) electrons. The zero-order chi connectivity index (χ0) is 61.4. The lowest BCUT2D eigenvalue weighted by atomic mass is 9.75. The third-order valence-corrected chi connectivity index (χ3v) is 19.7. The molecule has 0 saturated carbocycles.